The molecule has 1 aliphatic carbocycles. The fraction of sp³-hybridized carbons (Fsp3) is 1.00. The van der Waals surface area contributed by atoms with E-state index in [1.807, 2.05) is 0 Å². The van der Waals surface area contributed by atoms with Gasteiger partial charge in [0, 0.05) is 19.3 Å². The number of rotatable bonds is 3. The highest BCUT2D eigenvalue weighted by atomic mass is 16.5. The second-order valence-electron chi connectivity index (χ2n) is 6.42. The minimum absolute atomic E-state index is 0.561. The van der Waals surface area contributed by atoms with E-state index in [1.54, 1.807) is 0 Å². The van der Waals surface area contributed by atoms with Gasteiger partial charge in [-0.1, -0.05) is 20.3 Å². The van der Waals surface area contributed by atoms with Crippen molar-refractivity contribution in [2.24, 2.45) is 11.3 Å². The lowest BCUT2D eigenvalue weighted by atomic mass is 9.75. The van der Waals surface area contributed by atoms with E-state index >= 15 is 0 Å². The maximum Gasteiger partial charge on any atom is 0.0469 e. The monoisotopic (exact) mass is 225 g/mol. The van der Waals surface area contributed by atoms with Crippen molar-refractivity contribution >= 4 is 0 Å². The number of ether oxygens (including phenoxy) is 1. The van der Waals surface area contributed by atoms with E-state index in [-0.39, 0.29) is 0 Å². The number of nitrogens with one attached hydrogen (secondary N) is 1. The van der Waals surface area contributed by atoms with E-state index in [1.165, 1.54) is 45.1 Å². The molecule has 1 aliphatic heterocycles. The third kappa shape index (κ3) is 3.74. The lowest BCUT2D eigenvalue weighted by molar-refractivity contribution is 0.0638. The molecule has 0 radical (unpaired) electrons. The third-order valence-electron chi connectivity index (χ3n) is 4.24. The maximum absolute atomic E-state index is 5.40. The van der Waals surface area contributed by atoms with Crippen LogP contribution in [-0.4, -0.2) is 25.8 Å². The Balaban J connectivity index is 1.68. The SMILES string of the molecule is CC1(C)CCCC(NCC2CCOCC2)C1. The third-order valence-corrected chi connectivity index (χ3v) is 4.24. The van der Waals surface area contributed by atoms with Gasteiger partial charge in [0.1, 0.15) is 0 Å². The first kappa shape index (κ1) is 12.4. The Morgan fingerprint density at radius 2 is 1.94 bits per heavy atom. The van der Waals surface area contributed by atoms with E-state index < -0.39 is 0 Å². The van der Waals surface area contributed by atoms with Crippen LogP contribution in [0.3, 0.4) is 0 Å². The molecule has 0 aromatic rings. The van der Waals surface area contributed by atoms with Crippen LogP contribution >= 0.6 is 0 Å². The van der Waals surface area contributed by atoms with E-state index in [0.29, 0.717) is 5.41 Å². The molecule has 1 saturated heterocycles. The molecule has 0 bridgehead atoms. The minimum Gasteiger partial charge on any atom is -0.381 e. The van der Waals surface area contributed by atoms with Gasteiger partial charge in [0.15, 0.2) is 0 Å². The molecule has 1 unspecified atom stereocenters. The molecule has 1 atom stereocenters. The first-order chi connectivity index (χ1) is 7.66. The van der Waals surface area contributed by atoms with Crippen LogP contribution in [0.15, 0.2) is 0 Å². The molecule has 0 aromatic carbocycles. The van der Waals surface area contributed by atoms with Crippen LogP contribution in [0.2, 0.25) is 0 Å². The van der Waals surface area contributed by atoms with Crippen LogP contribution < -0.4 is 5.32 Å². The quantitative estimate of drug-likeness (QED) is 0.797. The predicted octanol–water partition coefficient (Wildman–Crippen LogP) is 2.97. The zero-order chi connectivity index (χ0) is 11.4. The van der Waals surface area contributed by atoms with Gasteiger partial charge in [-0.2, -0.15) is 0 Å². The molecule has 0 spiro atoms. The average Bonchev–Trinajstić information content (AvgIpc) is 2.27. The first-order valence-corrected chi connectivity index (χ1v) is 6.97. The van der Waals surface area contributed by atoms with Gasteiger partial charge in [0.25, 0.3) is 0 Å². The van der Waals surface area contributed by atoms with Gasteiger partial charge < -0.3 is 10.1 Å². The van der Waals surface area contributed by atoms with Crippen LogP contribution in [0.4, 0.5) is 0 Å². The van der Waals surface area contributed by atoms with Crippen LogP contribution in [-0.2, 0) is 4.74 Å². The summed E-state index contributed by atoms with van der Waals surface area (Å²) in [6, 6.07) is 0.770. The molecule has 2 heteroatoms. The van der Waals surface area contributed by atoms with Crippen molar-refractivity contribution in [3.63, 3.8) is 0 Å². The summed E-state index contributed by atoms with van der Waals surface area (Å²) in [6.07, 6.45) is 8.05. The molecule has 1 N–H and O–H groups in total. The Kier molecular flexibility index (Phi) is 4.26. The Labute approximate surface area is 100 Å². The summed E-state index contributed by atoms with van der Waals surface area (Å²) < 4.78 is 5.40. The van der Waals surface area contributed by atoms with E-state index in [2.05, 4.69) is 19.2 Å². The number of hydrogen-bond acceptors (Lipinski definition) is 2. The Bertz CT molecular complexity index is 209. The molecule has 2 rings (SSSR count). The summed E-state index contributed by atoms with van der Waals surface area (Å²) in [5.74, 6) is 0.860. The second-order valence-corrected chi connectivity index (χ2v) is 6.42. The number of hydrogen-bond donors (Lipinski definition) is 1. The minimum atomic E-state index is 0.561. The van der Waals surface area contributed by atoms with Crippen molar-refractivity contribution in [2.45, 2.75) is 58.4 Å². The topological polar surface area (TPSA) is 21.3 Å². The van der Waals surface area contributed by atoms with Gasteiger partial charge >= 0.3 is 0 Å². The van der Waals surface area contributed by atoms with Crippen molar-refractivity contribution in [2.75, 3.05) is 19.8 Å². The van der Waals surface area contributed by atoms with Crippen molar-refractivity contribution < 1.29 is 4.74 Å². The molecule has 0 amide bonds. The van der Waals surface area contributed by atoms with Crippen molar-refractivity contribution in [1.82, 2.24) is 5.32 Å². The molecular weight excluding hydrogens is 198 g/mol. The van der Waals surface area contributed by atoms with Crippen LogP contribution in [0.1, 0.15) is 52.4 Å². The smallest absolute Gasteiger partial charge is 0.0469 e. The van der Waals surface area contributed by atoms with Gasteiger partial charge in [0.2, 0.25) is 0 Å². The highest BCUT2D eigenvalue weighted by Gasteiger charge is 2.28. The van der Waals surface area contributed by atoms with Crippen LogP contribution in [0.25, 0.3) is 0 Å². The predicted molar refractivity (Wildman–Crippen MR) is 67.6 cm³/mol. The molecular formula is C14H27NO. The highest BCUT2D eigenvalue weighted by molar-refractivity contribution is 4.84. The lowest BCUT2D eigenvalue weighted by Crippen LogP contribution is -2.40. The zero-order valence-corrected chi connectivity index (χ0v) is 10.9. The second kappa shape index (κ2) is 5.50. The summed E-state index contributed by atoms with van der Waals surface area (Å²) in [4.78, 5) is 0. The molecule has 94 valence electrons. The fourth-order valence-electron chi connectivity index (χ4n) is 3.16. The van der Waals surface area contributed by atoms with Crippen LogP contribution in [0, 0.1) is 11.3 Å². The van der Waals surface area contributed by atoms with Crippen molar-refractivity contribution in [3.8, 4) is 0 Å². The summed E-state index contributed by atoms with van der Waals surface area (Å²) in [6.45, 7) is 7.99. The van der Waals surface area contributed by atoms with E-state index in [0.717, 1.165) is 25.2 Å². The van der Waals surface area contributed by atoms with Gasteiger partial charge in [-0.25, -0.2) is 0 Å². The fourth-order valence-corrected chi connectivity index (χ4v) is 3.16. The van der Waals surface area contributed by atoms with Gasteiger partial charge in [0.05, 0.1) is 0 Å². The molecule has 2 nitrogen and oxygen atoms in total. The largest absolute Gasteiger partial charge is 0.381 e. The Hall–Kier alpha value is -0.0800. The summed E-state index contributed by atoms with van der Waals surface area (Å²) in [5.41, 5.74) is 0.561. The lowest BCUT2D eigenvalue weighted by Gasteiger charge is -2.36. The highest BCUT2D eigenvalue weighted by Crippen LogP contribution is 2.35. The van der Waals surface area contributed by atoms with E-state index in [4.69, 9.17) is 4.74 Å². The molecule has 16 heavy (non-hydrogen) atoms. The molecule has 0 aromatic heterocycles. The van der Waals surface area contributed by atoms with E-state index in [9.17, 15) is 0 Å². The summed E-state index contributed by atoms with van der Waals surface area (Å²) >= 11 is 0. The Morgan fingerprint density at radius 1 is 1.19 bits per heavy atom. The average molecular weight is 225 g/mol. The Morgan fingerprint density at radius 3 is 2.62 bits per heavy atom. The summed E-state index contributed by atoms with van der Waals surface area (Å²) in [7, 11) is 0. The van der Waals surface area contributed by atoms with Crippen molar-refractivity contribution in [1.29, 1.82) is 0 Å². The zero-order valence-electron chi connectivity index (χ0n) is 10.9. The van der Waals surface area contributed by atoms with Gasteiger partial charge in [-0.15, -0.1) is 0 Å². The molecule has 1 saturated carbocycles. The van der Waals surface area contributed by atoms with Gasteiger partial charge in [-0.3, -0.25) is 0 Å². The maximum atomic E-state index is 5.40. The van der Waals surface area contributed by atoms with Gasteiger partial charge in [-0.05, 0) is 50.0 Å². The molecule has 2 fully saturated rings. The summed E-state index contributed by atoms with van der Waals surface area (Å²) in [5, 5.41) is 3.79. The first-order valence-electron chi connectivity index (χ1n) is 6.97. The standard InChI is InChI=1S/C14H27NO/c1-14(2)7-3-4-13(10-14)15-11-12-5-8-16-9-6-12/h12-13,15H,3-11H2,1-2H3. The normalized spacial score (nSPS) is 31.5. The van der Waals surface area contributed by atoms with Crippen LogP contribution in [0.5, 0.6) is 0 Å². The molecule has 1 heterocycles. The molecule has 2 aliphatic rings. The van der Waals surface area contributed by atoms with Crippen molar-refractivity contribution in [3.05, 3.63) is 0 Å².